The summed E-state index contributed by atoms with van der Waals surface area (Å²) in [5, 5.41) is 15.2. The van der Waals surface area contributed by atoms with E-state index in [0.717, 1.165) is 31.6 Å². The largest absolute Gasteiger partial charge is 0.382 e. The molecule has 148 valence electrons. The first kappa shape index (κ1) is 17.5. The summed E-state index contributed by atoms with van der Waals surface area (Å²) in [6.45, 7) is 1.59. The highest BCUT2D eigenvalue weighted by atomic mass is 19.1. The van der Waals surface area contributed by atoms with Crippen molar-refractivity contribution in [1.82, 2.24) is 34.8 Å². The predicted molar refractivity (Wildman–Crippen MR) is 105 cm³/mol. The zero-order valence-corrected chi connectivity index (χ0v) is 15.5. The fraction of sp³-hybridized carbons (Fsp3) is 0.278. The average molecular weight is 394 g/mol. The van der Waals surface area contributed by atoms with E-state index in [1.807, 2.05) is 6.07 Å². The van der Waals surface area contributed by atoms with E-state index in [9.17, 15) is 4.39 Å². The molecular weight excluding hydrogens is 375 g/mol. The minimum atomic E-state index is -0.451. The third-order valence-corrected chi connectivity index (χ3v) is 5.20. The van der Waals surface area contributed by atoms with Crippen LogP contribution in [0.5, 0.6) is 0 Å². The van der Waals surface area contributed by atoms with Gasteiger partial charge >= 0.3 is 0 Å². The van der Waals surface area contributed by atoms with Crippen LogP contribution in [0.2, 0.25) is 0 Å². The lowest BCUT2D eigenvalue weighted by Gasteiger charge is -2.32. The van der Waals surface area contributed by atoms with Crippen molar-refractivity contribution in [2.45, 2.75) is 18.9 Å². The van der Waals surface area contributed by atoms with Crippen molar-refractivity contribution in [3.8, 4) is 16.9 Å². The molecule has 0 radical (unpaired) electrons. The lowest BCUT2D eigenvalue weighted by molar-refractivity contribution is 0.507. The highest BCUT2D eigenvalue weighted by molar-refractivity contribution is 5.88. The van der Waals surface area contributed by atoms with Crippen LogP contribution in [0.4, 0.5) is 15.9 Å². The van der Waals surface area contributed by atoms with E-state index >= 15 is 0 Å². The monoisotopic (exact) mass is 394 g/mol. The molecule has 0 saturated carbocycles. The van der Waals surface area contributed by atoms with Gasteiger partial charge in [0.05, 0.1) is 11.4 Å². The Labute approximate surface area is 164 Å². The molecule has 0 bridgehead atoms. The molecule has 5 rings (SSSR count). The van der Waals surface area contributed by atoms with Crippen LogP contribution < -0.4 is 16.4 Å². The van der Waals surface area contributed by atoms with Crippen LogP contribution in [0.15, 0.2) is 36.9 Å². The Morgan fingerprint density at radius 1 is 1.17 bits per heavy atom. The zero-order chi connectivity index (χ0) is 20.0. The fourth-order valence-electron chi connectivity index (χ4n) is 3.85. The van der Waals surface area contributed by atoms with Crippen molar-refractivity contribution < 1.29 is 4.39 Å². The van der Waals surface area contributed by atoms with Gasteiger partial charge in [0, 0.05) is 24.7 Å². The van der Waals surface area contributed by atoms with Crippen LogP contribution in [0.1, 0.15) is 12.8 Å². The summed E-state index contributed by atoms with van der Waals surface area (Å²) in [4.78, 5) is 6.34. The maximum absolute atomic E-state index is 14.8. The number of benzene rings is 1. The lowest BCUT2D eigenvalue weighted by atomic mass is 10.1. The Morgan fingerprint density at radius 3 is 2.83 bits per heavy atom. The molecule has 3 aromatic heterocycles. The van der Waals surface area contributed by atoms with Crippen LogP contribution in [0.3, 0.4) is 0 Å². The first-order valence-electron chi connectivity index (χ1n) is 9.28. The summed E-state index contributed by atoms with van der Waals surface area (Å²) in [6.07, 6.45) is 4.72. The second kappa shape index (κ2) is 6.78. The molecule has 0 unspecified atom stereocenters. The van der Waals surface area contributed by atoms with Crippen molar-refractivity contribution in [3.63, 3.8) is 0 Å². The van der Waals surface area contributed by atoms with Gasteiger partial charge in [0.2, 0.25) is 0 Å². The summed E-state index contributed by atoms with van der Waals surface area (Å²) in [7, 11) is 0. The number of hydrogen-bond acceptors (Lipinski definition) is 8. The van der Waals surface area contributed by atoms with Gasteiger partial charge in [-0.15, -0.1) is 5.10 Å². The number of nitrogens with zero attached hydrogens (tertiary/aromatic N) is 8. The second-order valence-corrected chi connectivity index (χ2v) is 7.09. The van der Waals surface area contributed by atoms with Crippen LogP contribution in [-0.2, 0) is 0 Å². The molecule has 0 spiro atoms. The van der Waals surface area contributed by atoms with Crippen LogP contribution >= 0.6 is 0 Å². The first-order chi connectivity index (χ1) is 14.1. The standard InChI is InChI=1S/C18H19FN10/c19-13-6-11(3-4-14(13)28-10-23-25-26-28)15-7-16(27-5-1-2-12(20)8-27)17-18(21)22-9-24-29(15)17/h3-4,6-7,9-10,12H,1-2,5,8,20H2,(H2,21,22,24)/t12-/m1/s1. The van der Waals surface area contributed by atoms with Gasteiger partial charge in [-0.3, -0.25) is 0 Å². The Morgan fingerprint density at radius 2 is 2.07 bits per heavy atom. The number of nitrogen functional groups attached to an aromatic ring is 1. The molecule has 1 aliphatic rings. The fourth-order valence-corrected chi connectivity index (χ4v) is 3.85. The van der Waals surface area contributed by atoms with Crippen molar-refractivity contribution >= 4 is 17.0 Å². The van der Waals surface area contributed by atoms with Gasteiger partial charge in [0.1, 0.15) is 29.7 Å². The minimum Gasteiger partial charge on any atom is -0.382 e. The maximum Gasteiger partial charge on any atom is 0.153 e. The Hall–Kier alpha value is -3.60. The Kier molecular flexibility index (Phi) is 4.09. The van der Waals surface area contributed by atoms with Crippen molar-refractivity contribution in [2.24, 2.45) is 5.73 Å². The molecule has 0 amide bonds. The molecule has 11 heteroatoms. The number of hydrogen-bond donors (Lipinski definition) is 2. The zero-order valence-electron chi connectivity index (χ0n) is 15.5. The third kappa shape index (κ3) is 2.95. The number of tetrazole rings is 1. The van der Waals surface area contributed by atoms with Crippen molar-refractivity contribution in [1.29, 1.82) is 0 Å². The van der Waals surface area contributed by atoms with E-state index in [1.165, 1.54) is 23.4 Å². The number of nitrogens with two attached hydrogens (primary N) is 2. The van der Waals surface area contributed by atoms with E-state index in [-0.39, 0.29) is 11.7 Å². The number of piperidine rings is 1. The lowest BCUT2D eigenvalue weighted by Crippen LogP contribution is -2.42. The molecule has 1 saturated heterocycles. The van der Waals surface area contributed by atoms with Gasteiger partial charge in [-0.1, -0.05) is 6.07 Å². The molecule has 4 heterocycles. The number of rotatable bonds is 3. The summed E-state index contributed by atoms with van der Waals surface area (Å²) < 4.78 is 17.8. The molecule has 1 aliphatic heterocycles. The number of halogens is 1. The molecule has 29 heavy (non-hydrogen) atoms. The van der Waals surface area contributed by atoms with Crippen molar-refractivity contribution in [2.75, 3.05) is 23.7 Å². The molecule has 1 aromatic carbocycles. The number of fused-ring (bicyclic) bond motifs is 1. The van der Waals surface area contributed by atoms with E-state index in [4.69, 9.17) is 11.5 Å². The highest BCUT2D eigenvalue weighted by Gasteiger charge is 2.24. The Bertz CT molecular complexity index is 1170. The topological polar surface area (TPSA) is 129 Å². The van der Waals surface area contributed by atoms with E-state index < -0.39 is 5.82 Å². The van der Waals surface area contributed by atoms with E-state index in [2.05, 4.69) is 30.5 Å². The molecule has 0 aliphatic carbocycles. The maximum atomic E-state index is 14.8. The van der Waals surface area contributed by atoms with Gasteiger partial charge in [-0.25, -0.2) is 13.9 Å². The third-order valence-electron chi connectivity index (χ3n) is 5.20. The summed E-state index contributed by atoms with van der Waals surface area (Å²) in [5.41, 5.74) is 15.6. The Balaban J connectivity index is 1.64. The molecule has 1 atom stereocenters. The van der Waals surface area contributed by atoms with Gasteiger partial charge in [0.15, 0.2) is 5.82 Å². The summed E-state index contributed by atoms with van der Waals surface area (Å²) >= 11 is 0. The number of aromatic nitrogens is 7. The molecule has 10 nitrogen and oxygen atoms in total. The van der Waals surface area contributed by atoms with Crippen LogP contribution in [-0.4, -0.2) is 53.9 Å². The second-order valence-electron chi connectivity index (χ2n) is 7.09. The van der Waals surface area contributed by atoms with Gasteiger partial charge in [-0.2, -0.15) is 9.78 Å². The highest BCUT2D eigenvalue weighted by Crippen LogP contribution is 2.35. The number of anilines is 2. The predicted octanol–water partition coefficient (Wildman–Crippen LogP) is 1.02. The van der Waals surface area contributed by atoms with Crippen LogP contribution in [0.25, 0.3) is 22.5 Å². The summed E-state index contributed by atoms with van der Waals surface area (Å²) in [6, 6.07) is 6.92. The van der Waals surface area contributed by atoms with Crippen LogP contribution in [0, 0.1) is 5.82 Å². The first-order valence-corrected chi connectivity index (χ1v) is 9.28. The molecule has 4 aromatic rings. The molecule has 1 fully saturated rings. The quantitative estimate of drug-likeness (QED) is 0.527. The SMILES string of the molecule is Nc1ncnn2c(-c3ccc(-n4cnnn4)c(F)c3)cc(N3CCC[C@@H](N)C3)c12. The molecular formula is C18H19FN10. The summed E-state index contributed by atoms with van der Waals surface area (Å²) in [5.74, 6) is -0.0838. The van der Waals surface area contributed by atoms with Gasteiger partial charge in [0.25, 0.3) is 0 Å². The molecule has 4 N–H and O–H groups in total. The minimum absolute atomic E-state index is 0.0982. The van der Waals surface area contributed by atoms with E-state index in [1.54, 1.807) is 16.6 Å². The smallest absolute Gasteiger partial charge is 0.153 e. The average Bonchev–Trinajstić information content (AvgIpc) is 3.37. The van der Waals surface area contributed by atoms with E-state index in [0.29, 0.717) is 22.6 Å². The van der Waals surface area contributed by atoms with Gasteiger partial charge < -0.3 is 16.4 Å². The normalized spacial score (nSPS) is 17.2. The van der Waals surface area contributed by atoms with Gasteiger partial charge in [-0.05, 0) is 41.5 Å². The van der Waals surface area contributed by atoms with Crippen molar-refractivity contribution in [3.05, 3.63) is 42.7 Å².